The molecule has 1 saturated heterocycles. The lowest BCUT2D eigenvalue weighted by Gasteiger charge is -2.28. The van der Waals surface area contributed by atoms with E-state index in [0.717, 1.165) is 68.3 Å². The van der Waals surface area contributed by atoms with Gasteiger partial charge in [-0.15, -0.1) is 24.0 Å². The average Bonchev–Trinajstić information content (AvgIpc) is 3.43. The van der Waals surface area contributed by atoms with Crippen LogP contribution in [0.1, 0.15) is 58.1 Å². The second kappa shape index (κ2) is 12.2. The first-order chi connectivity index (χ1) is 15.2. The summed E-state index contributed by atoms with van der Waals surface area (Å²) in [5.41, 5.74) is 2.63. The van der Waals surface area contributed by atoms with Gasteiger partial charge in [0.1, 0.15) is 5.60 Å². The molecule has 7 nitrogen and oxygen atoms in total. The molecule has 2 fully saturated rings. The number of hydrogen-bond donors (Lipinski definition) is 1. The molecule has 1 aliphatic carbocycles. The number of methoxy groups -OCH3 is 1. The van der Waals surface area contributed by atoms with Gasteiger partial charge < -0.3 is 19.7 Å². The number of anilines is 1. The number of halogens is 1. The predicted molar refractivity (Wildman–Crippen MR) is 145 cm³/mol. The zero-order valence-electron chi connectivity index (χ0n) is 21.0. The third-order valence-corrected chi connectivity index (χ3v) is 5.76. The van der Waals surface area contributed by atoms with Gasteiger partial charge in [0.15, 0.2) is 5.96 Å². The largest absolute Gasteiger partial charge is 0.443 e. The van der Waals surface area contributed by atoms with Crippen molar-refractivity contribution in [1.29, 1.82) is 0 Å². The number of hydrogen-bond acceptors (Lipinski definition) is 4. The quantitative estimate of drug-likeness (QED) is 0.285. The summed E-state index contributed by atoms with van der Waals surface area (Å²) in [5.74, 6) is 1.52. The molecule has 1 N–H and O–H groups in total. The van der Waals surface area contributed by atoms with E-state index in [1.165, 1.54) is 0 Å². The van der Waals surface area contributed by atoms with E-state index in [2.05, 4.69) is 36.2 Å². The van der Waals surface area contributed by atoms with Crippen LogP contribution in [0.15, 0.2) is 23.2 Å². The minimum Gasteiger partial charge on any atom is -0.443 e. The van der Waals surface area contributed by atoms with E-state index in [1.54, 1.807) is 7.11 Å². The Hall–Kier alpha value is -1.55. The number of rotatable bonds is 7. The summed E-state index contributed by atoms with van der Waals surface area (Å²) >= 11 is 0. The number of carbonyl (C=O) groups excluding carboxylic acids is 1. The molecule has 33 heavy (non-hydrogen) atoms. The topological polar surface area (TPSA) is 66.4 Å². The number of amides is 1. The minimum absolute atomic E-state index is 0. The van der Waals surface area contributed by atoms with Gasteiger partial charge in [-0.3, -0.25) is 4.90 Å². The zero-order valence-corrected chi connectivity index (χ0v) is 23.3. The van der Waals surface area contributed by atoms with E-state index < -0.39 is 5.60 Å². The molecule has 1 aromatic rings. The maximum atomic E-state index is 12.8. The van der Waals surface area contributed by atoms with E-state index >= 15 is 0 Å². The second-order valence-electron chi connectivity index (χ2n) is 9.93. The van der Waals surface area contributed by atoms with E-state index in [-0.39, 0.29) is 36.1 Å². The molecule has 1 unspecified atom stereocenters. The molecule has 0 spiro atoms. The summed E-state index contributed by atoms with van der Waals surface area (Å²) in [7, 11) is 1.76. The Labute approximate surface area is 216 Å². The first-order valence-electron chi connectivity index (χ1n) is 11.9. The van der Waals surface area contributed by atoms with Crippen LogP contribution in [-0.4, -0.2) is 61.9 Å². The molecular formula is C25H41IN4O3. The molecule has 1 atom stereocenters. The number of aryl methyl sites for hydroxylation is 1. The molecule has 1 amide bonds. The van der Waals surface area contributed by atoms with Gasteiger partial charge >= 0.3 is 6.09 Å². The van der Waals surface area contributed by atoms with Crippen LogP contribution in [-0.2, 0) is 16.0 Å². The Morgan fingerprint density at radius 3 is 2.58 bits per heavy atom. The van der Waals surface area contributed by atoms with Gasteiger partial charge in [0.05, 0.1) is 18.8 Å². The Bertz CT molecular complexity index is 820. The van der Waals surface area contributed by atoms with Gasteiger partial charge in [0, 0.05) is 38.7 Å². The Kier molecular flexibility index (Phi) is 10.3. The Morgan fingerprint density at radius 2 is 2.00 bits per heavy atom. The lowest BCUT2D eigenvalue weighted by molar-refractivity contribution is 0.0577. The first-order valence-corrected chi connectivity index (χ1v) is 11.9. The van der Waals surface area contributed by atoms with E-state index in [1.807, 2.05) is 31.7 Å². The van der Waals surface area contributed by atoms with Crippen molar-refractivity contribution in [3.8, 4) is 0 Å². The van der Waals surface area contributed by atoms with Crippen molar-refractivity contribution in [3.63, 3.8) is 0 Å². The average molecular weight is 573 g/mol. The SMILES string of the molecule is CCNC(=NCc1ccc(N(C(=O)OC(C)(C)C)C2CC2)c(C)c1)N1CCC(COC)C1.I. The monoisotopic (exact) mass is 572 g/mol. The summed E-state index contributed by atoms with van der Waals surface area (Å²) in [6.45, 7) is 14.1. The van der Waals surface area contributed by atoms with Crippen LogP contribution in [0.25, 0.3) is 0 Å². The number of nitrogens with zero attached hydrogens (tertiary/aromatic N) is 3. The predicted octanol–water partition coefficient (Wildman–Crippen LogP) is 4.95. The molecule has 0 bridgehead atoms. The molecule has 1 aromatic carbocycles. The maximum Gasteiger partial charge on any atom is 0.415 e. The highest BCUT2D eigenvalue weighted by atomic mass is 127. The molecule has 2 aliphatic rings. The van der Waals surface area contributed by atoms with Crippen molar-refractivity contribution in [1.82, 2.24) is 10.2 Å². The highest BCUT2D eigenvalue weighted by Gasteiger charge is 2.37. The molecular weight excluding hydrogens is 531 g/mol. The van der Waals surface area contributed by atoms with Crippen LogP contribution in [0.3, 0.4) is 0 Å². The lowest BCUT2D eigenvalue weighted by atomic mass is 10.1. The molecule has 8 heteroatoms. The molecule has 186 valence electrons. The summed E-state index contributed by atoms with van der Waals surface area (Å²) in [6, 6.07) is 6.50. The number of aliphatic imine (C=N–C) groups is 1. The number of ether oxygens (including phenoxy) is 2. The summed E-state index contributed by atoms with van der Waals surface area (Å²) in [4.78, 5) is 21.9. The first kappa shape index (κ1) is 27.7. The van der Waals surface area contributed by atoms with Crippen LogP contribution in [0.2, 0.25) is 0 Å². The fraction of sp³-hybridized carbons (Fsp3) is 0.680. The van der Waals surface area contributed by atoms with Crippen LogP contribution in [0.5, 0.6) is 0 Å². The third-order valence-electron chi connectivity index (χ3n) is 5.76. The lowest BCUT2D eigenvalue weighted by Crippen LogP contribution is -2.40. The van der Waals surface area contributed by atoms with Gasteiger partial charge in [0.2, 0.25) is 0 Å². The normalized spacial score (nSPS) is 18.7. The number of carbonyl (C=O) groups is 1. The highest BCUT2D eigenvalue weighted by Crippen LogP contribution is 2.35. The fourth-order valence-corrected chi connectivity index (χ4v) is 4.16. The molecule has 1 saturated carbocycles. The Morgan fingerprint density at radius 1 is 1.27 bits per heavy atom. The zero-order chi connectivity index (χ0) is 23.3. The van der Waals surface area contributed by atoms with E-state index in [0.29, 0.717) is 12.5 Å². The number of benzene rings is 1. The number of nitrogens with one attached hydrogen (secondary N) is 1. The van der Waals surface area contributed by atoms with E-state index in [4.69, 9.17) is 14.5 Å². The van der Waals surface area contributed by atoms with Crippen LogP contribution < -0.4 is 10.2 Å². The van der Waals surface area contributed by atoms with Crippen molar-refractivity contribution in [2.45, 2.75) is 72.1 Å². The Balaban J connectivity index is 0.00000385. The third kappa shape index (κ3) is 8.02. The van der Waals surface area contributed by atoms with E-state index in [9.17, 15) is 4.79 Å². The van der Waals surface area contributed by atoms with Crippen molar-refractivity contribution in [2.24, 2.45) is 10.9 Å². The standard InChI is InChI=1S/C25H40N4O3.HI/c1-7-26-23(28-13-12-20(16-28)17-31-6)27-15-19-8-11-22(18(2)14-19)29(21-9-10-21)24(30)32-25(3,4)5;/h8,11,14,20-21H,7,9-10,12-13,15-17H2,1-6H3,(H,26,27);1H. The van der Waals surface area contributed by atoms with Gasteiger partial charge in [-0.25, -0.2) is 9.79 Å². The maximum absolute atomic E-state index is 12.8. The van der Waals surface area contributed by atoms with Crippen molar-refractivity contribution >= 4 is 41.7 Å². The van der Waals surface area contributed by atoms with Crippen LogP contribution in [0, 0.1) is 12.8 Å². The van der Waals surface area contributed by atoms with Gasteiger partial charge in [-0.1, -0.05) is 12.1 Å². The molecule has 0 aromatic heterocycles. The fourth-order valence-electron chi connectivity index (χ4n) is 4.16. The molecule has 1 heterocycles. The van der Waals surface area contributed by atoms with Gasteiger partial charge in [-0.05, 0) is 71.1 Å². The second-order valence-corrected chi connectivity index (χ2v) is 9.93. The van der Waals surface area contributed by atoms with Crippen molar-refractivity contribution < 1.29 is 14.3 Å². The summed E-state index contributed by atoms with van der Waals surface area (Å²) < 4.78 is 11.0. The van der Waals surface area contributed by atoms with Crippen LogP contribution in [0.4, 0.5) is 10.5 Å². The molecule has 1 aliphatic heterocycles. The minimum atomic E-state index is -0.507. The summed E-state index contributed by atoms with van der Waals surface area (Å²) in [5, 5.41) is 3.43. The highest BCUT2D eigenvalue weighted by molar-refractivity contribution is 14.0. The van der Waals surface area contributed by atoms with Gasteiger partial charge in [0.25, 0.3) is 0 Å². The van der Waals surface area contributed by atoms with Crippen molar-refractivity contribution in [3.05, 3.63) is 29.3 Å². The van der Waals surface area contributed by atoms with Crippen molar-refractivity contribution in [2.75, 3.05) is 38.3 Å². The number of guanidine groups is 1. The molecule has 0 radical (unpaired) electrons. The molecule has 3 rings (SSSR count). The van der Waals surface area contributed by atoms with Crippen LogP contribution >= 0.6 is 24.0 Å². The van der Waals surface area contributed by atoms with Gasteiger partial charge in [-0.2, -0.15) is 0 Å². The number of likely N-dealkylation sites (tertiary alicyclic amines) is 1. The smallest absolute Gasteiger partial charge is 0.415 e. The summed E-state index contributed by atoms with van der Waals surface area (Å²) in [6.07, 6.45) is 2.92.